The zero-order valence-electron chi connectivity index (χ0n) is 30.3. The van der Waals surface area contributed by atoms with Crippen LogP contribution in [0.25, 0.3) is 0 Å². The normalized spacial score (nSPS) is 25.4. The van der Waals surface area contributed by atoms with Gasteiger partial charge in [-0.05, 0) is 25.7 Å². The minimum Gasteiger partial charge on any atom is -0.394 e. The highest BCUT2D eigenvalue weighted by Gasteiger charge is 2.38. The van der Waals surface area contributed by atoms with Crippen molar-refractivity contribution in [1.29, 1.82) is 0 Å². The van der Waals surface area contributed by atoms with Crippen molar-refractivity contribution in [3.8, 4) is 0 Å². The molecule has 54 heavy (non-hydrogen) atoms. The number of ether oxygens (including phenoxy) is 6. The monoisotopic (exact) mass is 803 g/mol. The number of nitrogens with one attached hydrogen (secondary N) is 3. The van der Waals surface area contributed by atoms with Crippen molar-refractivity contribution in [2.24, 2.45) is 0 Å². The predicted octanol–water partition coefficient (Wildman–Crippen LogP) is -3.44. The minimum atomic E-state index is -4.15. The first-order valence-corrected chi connectivity index (χ1v) is 19.0. The van der Waals surface area contributed by atoms with Crippen LogP contribution in [0.1, 0.15) is 45.4 Å². The van der Waals surface area contributed by atoms with E-state index in [4.69, 9.17) is 32.9 Å². The Morgan fingerprint density at radius 3 is 1.98 bits per heavy atom. The lowest BCUT2D eigenvalue weighted by Gasteiger charge is -2.31. The lowest BCUT2D eigenvalue weighted by Crippen LogP contribution is -2.50. The smallest absolute Gasteiger partial charge is 0.394 e. The summed E-state index contributed by atoms with van der Waals surface area (Å²) in [5.74, 6) is -2.99. The number of phosphoric ester groups is 1. The van der Waals surface area contributed by atoms with Crippen LogP contribution in [0.3, 0.4) is 0 Å². The highest BCUT2D eigenvalue weighted by molar-refractivity contribution is 7.47. The lowest BCUT2D eigenvalue weighted by atomic mass is 10.0. The molecule has 2 aliphatic heterocycles. The van der Waals surface area contributed by atoms with Crippen LogP contribution in [0.5, 0.6) is 0 Å². The van der Waals surface area contributed by atoms with Crippen LogP contribution >= 0.6 is 7.82 Å². The van der Waals surface area contributed by atoms with Crippen molar-refractivity contribution < 1.29 is 91.3 Å². The molecular weight excluding hydrogens is 749 g/mol. The number of carbonyl (C=O) groups is 5. The molecule has 8 N–H and O–H groups in total. The van der Waals surface area contributed by atoms with Gasteiger partial charge in [-0.2, -0.15) is 0 Å². The Balaban J connectivity index is 1.78. The van der Waals surface area contributed by atoms with Gasteiger partial charge in [-0.1, -0.05) is 6.92 Å². The van der Waals surface area contributed by atoms with Crippen molar-refractivity contribution in [2.75, 3.05) is 73.1 Å². The van der Waals surface area contributed by atoms with Crippen LogP contribution < -0.4 is 16.0 Å². The molecule has 0 saturated carbocycles. The van der Waals surface area contributed by atoms with E-state index in [1.165, 1.54) is 0 Å². The molecule has 9 atom stereocenters. The molecule has 0 radical (unpaired) electrons. The van der Waals surface area contributed by atoms with Crippen molar-refractivity contribution in [3.05, 3.63) is 0 Å². The van der Waals surface area contributed by atoms with Gasteiger partial charge in [-0.15, -0.1) is 0 Å². The summed E-state index contributed by atoms with van der Waals surface area (Å²) in [6, 6.07) is -1.04. The van der Waals surface area contributed by atoms with Gasteiger partial charge in [0.1, 0.15) is 43.7 Å². The SMILES string of the molecule is CC[C@H](COCCOCCNC(=O)[C@H](CCCCNC(=O)CO[C@H]1CC(=O)[C@@H](O)[C@@H](CO)O1)NC(=O)CO[C@H]1CC(=O)[C@@H](O)[C@@H](CO)O1)OP(=O)(O)OC. The van der Waals surface area contributed by atoms with Crippen molar-refractivity contribution in [1.82, 2.24) is 16.0 Å². The van der Waals surface area contributed by atoms with E-state index in [0.29, 0.717) is 19.3 Å². The topological polar surface area (TPSA) is 314 Å². The summed E-state index contributed by atoms with van der Waals surface area (Å²) in [6.45, 7) is 0.0646. The number of aliphatic hydroxyl groups excluding tert-OH is 4. The number of unbranched alkanes of at least 4 members (excludes halogenated alkanes) is 1. The van der Waals surface area contributed by atoms with Crippen LogP contribution in [-0.4, -0.2) is 177 Å². The van der Waals surface area contributed by atoms with E-state index in [-0.39, 0.29) is 58.8 Å². The maximum absolute atomic E-state index is 13.0. The largest absolute Gasteiger partial charge is 0.472 e. The number of Topliss-reactive ketones (excluding diaryl/α,β-unsaturated/α-hetero) is 2. The fourth-order valence-electron chi connectivity index (χ4n) is 4.95. The highest BCUT2D eigenvalue weighted by atomic mass is 31.2. The predicted molar refractivity (Wildman–Crippen MR) is 180 cm³/mol. The standard InChI is InChI=1S/C31H54N3O19P/c1-3-19(53-54(44,45)46-2)16-48-11-10-47-9-8-33-31(43)20(34-26(40)18-50-28-13-22(38)30(42)24(15-36)52-28)6-4-5-7-32-25(39)17-49-27-12-21(37)29(41)23(14-35)51-27/h19-20,23-24,27-30,35-36,41-42H,3-18H2,1-2H3,(H,32,39)(H,33,43)(H,34,40)(H,44,45)/t19-,20+,23-,24-,27-,28-,29-,30-/m1/s1. The Bertz CT molecular complexity index is 1230. The molecule has 22 nitrogen and oxygen atoms in total. The quantitative estimate of drug-likeness (QED) is 0.0296. The van der Waals surface area contributed by atoms with Crippen LogP contribution in [-0.2, 0) is 66.0 Å². The Morgan fingerprint density at radius 2 is 1.43 bits per heavy atom. The molecule has 0 aromatic heterocycles. The summed E-state index contributed by atoms with van der Waals surface area (Å²) in [6.07, 6.45) is -7.66. The summed E-state index contributed by atoms with van der Waals surface area (Å²) in [4.78, 5) is 71.2. The second-order valence-corrected chi connectivity index (χ2v) is 13.7. The number of aliphatic hydroxyl groups is 4. The Morgan fingerprint density at radius 1 is 0.852 bits per heavy atom. The van der Waals surface area contributed by atoms with Crippen LogP contribution in [0, 0.1) is 0 Å². The van der Waals surface area contributed by atoms with Crippen LogP contribution in [0.2, 0.25) is 0 Å². The van der Waals surface area contributed by atoms with Gasteiger partial charge in [0.2, 0.25) is 17.7 Å². The van der Waals surface area contributed by atoms with Gasteiger partial charge in [0.25, 0.3) is 0 Å². The third-order valence-corrected chi connectivity index (χ3v) is 9.02. The van der Waals surface area contributed by atoms with E-state index in [1.54, 1.807) is 6.92 Å². The van der Waals surface area contributed by atoms with Gasteiger partial charge in [0.05, 0.1) is 58.6 Å². The first-order chi connectivity index (χ1) is 25.7. The lowest BCUT2D eigenvalue weighted by molar-refractivity contribution is -0.222. The summed E-state index contributed by atoms with van der Waals surface area (Å²) < 4.78 is 53.0. The molecule has 2 heterocycles. The molecule has 0 aromatic carbocycles. The number of hydrogen-bond donors (Lipinski definition) is 8. The molecule has 0 aromatic rings. The van der Waals surface area contributed by atoms with Gasteiger partial charge < -0.3 is 69.7 Å². The average Bonchev–Trinajstić information content (AvgIpc) is 3.15. The molecule has 2 rings (SSSR count). The summed E-state index contributed by atoms with van der Waals surface area (Å²) >= 11 is 0. The molecule has 312 valence electrons. The second kappa shape index (κ2) is 25.6. The van der Waals surface area contributed by atoms with Crippen molar-refractivity contribution in [2.45, 2.75) is 94.6 Å². The molecule has 1 unspecified atom stereocenters. The molecule has 0 bridgehead atoms. The molecule has 2 aliphatic rings. The maximum atomic E-state index is 13.0. The fraction of sp³-hybridized carbons (Fsp3) is 0.839. The van der Waals surface area contributed by atoms with Gasteiger partial charge in [0, 0.05) is 20.2 Å². The maximum Gasteiger partial charge on any atom is 0.472 e. The number of amides is 3. The minimum absolute atomic E-state index is 0.0232. The first-order valence-electron chi connectivity index (χ1n) is 17.5. The van der Waals surface area contributed by atoms with Crippen LogP contribution in [0.4, 0.5) is 0 Å². The summed E-state index contributed by atoms with van der Waals surface area (Å²) in [5.41, 5.74) is 0. The van der Waals surface area contributed by atoms with E-state index in [2.05, 4.69) is 20.5 Å². The molecule has 23 heteroatoms. The Kier molecular flexibility index (Phi) is 22.6. The molecule has 2 fully saturated rings. The molecular formula is C31H54N3O19P. The fourth-order valence-corrected chi connectivity index (χ4v) is 5.63. The third kappa shape index (κ3) is 17.9. The van der Waals surface area contributed by atoms with Crippen molar-refractivity contribution in [3.63, 3.8) is 0 Å². The van der Waals surface area contributed by atoms with Gasteiger partial charge in [-0.25, -0.2) is 4.57 Å². The molecule has 0 spiro atoms. The Labute approximate surface area is 312 Å². The number of ketones is 2. The zero-order valence-corrected chi connectivity index (χ0v) is 31.2. The van der Waals surface area contributed by atoms with E-state index in [1.807, 2.05) is 0 Å². The molecule has 0 aliphatic carbocycles. The number of rotatable bonds is 27. The summed E-state index contributed by atoms with van der Waals surface area (Å²) in [7, 11) is -3.10. The zero-order chi connectivity index (χ0) is 40.1. The highest BCUT2D eigenvalue weighted by Crippen LogP contribution is 2.43. The number of carbonyl (C=O) groups excluding carboxylic acids is 5. The van der Waals surface area contributed by atoms with Gasteiger partial charge >= 0.3 is 7.82 Å². The number of hydrogen-bond acceptors (Lipinski definition) is 18. The van der Waals surface area contributed by atoms with E-state index < -0.39 is 113 Å². The van der Waals surface area contributed by atoms with Crippen LogP contribution in [0.15, 0.2) is 0 Å². The van der Waals surface area contributed by atoms with E-state index in [0.717, 1.165) is 7.11 Å². The third-order valence-electron chi connectivity index (χ3n) is 8.00. The Hall–Kier alpha value is -2.54. The van der Waals surface area contributed by atoms with Gasteiger partial charge in [-0.3, -0.25) is 33.0 Å². The van der Waals surface area contributed by atoms with E-state index in [9.17, 15) is 53.9 Å². The van der Waals surface area contributed by atoms with E-state index >= 15 is 0 Å². The summed E-state index contributed by atoms with van der Waals surface area (Å²) in [5, 5.41) is 45.9. The first kappa shape index (κ1) is 47.6. The molecule has 3 amide bonds. The van der Waals surface area contributed by atoms with Gasteiger partial charge in [0.15, 0.2) is 24.1 Å². The second-order valence-electron chi connectivity index (χ2n) is 12.2. The van der Waals surface area contributed by atoms with Crippen molar-refractivity contribution >= 4 is 37.1 Å². The average molecular weight is 804 g/mol. The number of phosphoric acid groups is 1. The molecule has 2 saturated heterocycles.